The second kappa shape index (κ2) is 7.29. The van der Waals surface area contributed by atoms with Gasteiger partial charge in [0, 0.05) is 18.0 Å². The molecule has 1 aromatic rings. The topological polar surface area (TPSA) is 58.2 Å². The van der Waals surface area contributed by atoms with Crippen LogP contribution in [0.3, 0.4) is 0 Å². The van der Waals surface area contributed by atoms with Crippen molar-refractivity contribution in [1.82, 2.24) is 10.6 Å². The summed E-state index contributed by atoms with van der Waals surface area (Å²) in [6.45, 7) is 0.619. The molecule has 2 N–H and O–H groups in total. The van der Waals surface area contributed by atoms with E-state index in [2.05, 4.69) is 10.6 Å². The zero-order chi connectivity index (χ0) is 14.4. The number of aryl methyl sites for hydroxylation is 1. The lowest BCUT2D eigenvalue weighted by atomic mass is 10.0. The molecular weight excluding hydrogens is 276 g/mol. The van der Waals surface area contributed by atoms with Gasteiger partial charge in [0.25, 0.3) is 0 Å². The van der Waals surface area contributed by atoms with Crippen LogP contribution in [0.1, 0.15) is 31.2 Å². The van der Waals surface area contributed by atoms with Crippen LogP contribution in [0, 0.1) is 0 Å². The first-order valence-corrected chi connectivity index (χ1v) is 7.34. The van der Waals surface area contributed by atoms with Crippen molar-refractivity contribution in [3.63, 3.8) is 0 Å². The Morgan fingerprint density at radius 3 is 2.80 bits per heavy atom. The Balaban J connectivity index is 1.66. The normalized spacial score (nSPS) is 18.4. The van der Waals surface area contributed by atoms with Crippen molar-refractivity contribution in [1.29, 1.82) is 0 Å². The number of hydrogen-bond donors (Lipinski definition) is 2. The van der Waals surface area contributed by atoms with Crippen LogP contribution in [-0.2, 0) is 16.0 Å². The monoisotopic (exact) mass is 294 g/mol. The summed E-state index contributed by atoms with van der Waals surface area (Å²) in [7, 11) is 0. The van der Waals surface area contributed by atoms with E-state index in [0.29, 0.717) is 13.0 Å². The summed E-state index contributed by atoms with van der Waals surface area (Å²) in [5, 5.41) is 6.32. The first kappa shape index (κ1) is 14.9. The quantitative estimate of drug-likeness (QED) is 0.817. The van der Waals surface area contributed by atoms with Gasteiger partial charge < -0.3 is 10.6 Å². The summed E-state index contributed by atoms with van der Waals surface area (Å²) in [6, 6.07) is 7.36. The first-order chi connectivity index (χ1) is 9.65. The molecule has 1 aliphatic rings. The fourth-order valence-electron chi connectivity index (χ4n) is 2.28. The molecule has 1 heterocycles. The highest BCUT2D eigenvalue weighted by molar-refractivity contribution is 6.30. The number of hydrogen-bond acceptors (Lipinski definition) is 2. The predicted molar refractivity (Wildman–Crippen MR) is 78.6 cm³/mol. The van der Waals surface area contributed by atoms with E-state index in [1.54, 1.807) is 0 Å². The molecular formula is C15H19ClN2O2. The maximum atomic E-state index is 11.9. The average Bonchev–Trinajstić information content (AvgIpc) is 2.45. The van der Waals surface area contributed by atoms with Gasteiger partial charge in [-0.2, -0.15) is 0 Å². The Morgan fingerprint density at radius 1 is 1.35 bits per heavy atom. The highest BCUT2D eigenvalue weighted by Crippen LogP contribution is 2.11. The van der Waals surface area contributed by atoms with Crippen molar-refractivity contribution in [3.05, 3.63) is 34.9 Å². The lowest BCUT2D eigenvalue weighted by Crippen LogP contribution is -2.49. The SMILES string of the molecule is O=C1CCC[C@H](C(=O)NCCCc2ccc(Cl)cc2)N1. The molecule has 2 rings (SSSR count). The summed E-state index contributed by atoms with van der Waals surface area (Å²) in [6.07, 6.45) is 3.81. The smallest absolute Gasteiger partial charge is 0.242 e. The van der Waals surface area contributed by atoms with E-state index in [4.69, 9.17) is 11.6 Å². The van der Waals surface area contributed by atoms with Crippen LogP contribution in [0.5, 0.6) is 0 Å². The largest absolute Gasteiger partial charge is 0.354 e. The van der Waals surface area contributed by atoms with Crippen molar-refractivity contribution in [2.75, 3.05) is 6.54 Å². The van der Waals surface area contributed by atoms with Crippen LogP contribution >= 0.6 is 11.6 Å². The average molecular weight is 295 g/mol. The van der Waals surface area contributed by atoms with Gasteiger partial charge in [0.2, 0.25) is 11.8 Å². The lowest BCUT2D eigenvalue weighted by molar-refractivity contribution is -0.130. The number of nitrogens with one attached hydrogen (secondary N) is 2. The molecule has 1 aliphatic heterocycles. The van der Waals surface area contributed by atoms with E-state index < -0.39 is 0 Å². The zero-order valence-corrected chi connectivity index (χ0v) is 12.1. The Labute approximate surface area is 123 Å². The third kappa shape index (κ3) is 4.53. The molecule has 1 saturated heterocycles. The number of piperidine rings is 1. The maximum absolute atomic E-state index is 11.9. The second-order valence-electron chi connectivity index (χ2n) is 5.03. The number of carbonyl (C=O) groups is 2. The molecule has 4 nitrogen and oxygen atoms in total. The molecule has 1 atom stereocenters. The molecule has 5 heteroatoms. The van der Waals surface area contributed by atoms with Crippen LogP contribution in [0.2, 0.25) is 5.02 Å². The molecule has 108 valence electrons. The van der Waals surface area contributed by atoms with Gasteiger partial charge in [0.15, 0.2) is 0 Å². The lowest BCUT2D eigenvalue weighted by Gasteiger charge is -2.22. The molecule has 0 unspecified atom stereocenters. The Kier molecular flexibility index (Phi) is 5.41. The number of carbonyl (C=O) groups excluding carboxylic acids is 2. The molecule has 0 radical (unpaired) electrons. The van der Waals surface area contributed by atoms with E-state index in [1.807, 2.05) is 24.3 Å². The van der Waals surface area contributed by atoms with E-state index in [0.717, 1.165) is 30.7 Å². The highest BCUT2D eigenvalue weighted by atomic mass is 35.5. The van der Waals surface area contributed by atoms with Gasteiger partial charge in [-0.15, -0.1) is 0 Å². The van der Waals surface area contributed by atoms with Gasteiger partial charge in [-0.1, -0.05) is 23.7 Å². The van der Waals surface area contributed by atoms with Gasteiger partial charge in [0.1, 0.15) is 6.04 Å². The number of rotatable bonds is 5. The van der Waals surface area contributed by atoms with Crippen LogP contribution < -0.4 is 10.6 Å². The zero-order valence-electron chi connectivity index (χ0n) is 11.3. The Morgan fingerprint density at radius 2 is 2.10 bits per heavy atom. The van der Waals surface area contributed by atoms with E-state index in [1.165, 1.54) is 5.56 Å². The van der Waals surface area contributed by atoms with Crippen LogP contribution in [0.4, 0.5) is 0 Å². The minimum absolute atomic E-state index is 0.0300. The fraction of sp³-hybridized carbons (Fsp3) is 0.467. The van der Waals surface area contributed by atoms with Gasteiger partial charge in [-0.05, 0) is 43.4 Å². The minimum Gasteiger partial charge on any atom is -0.354 e. The number of benzene rings is 1. The number of amides is 2. The standard InChI is InChI=1S/C15H19ClN2O2/c16-12-8-6-11(7-9-12)3-2-10-17-15(20)13-4-1-5-14(19)18-13/h6-9,13H,1-5,10H2,(H,17,20)(H,18,19)/t13-/m1/s1. The number of halogens is 1. The van der Waals surface area contributed by atoms with Gasteiger partial charge in [-0.3, -0.25) is 9.59 Å². The van der Waals surface area contributed by atoms with Crippen molar-refractivity contribution in [2.45, 2.75) is 38.1 Å². The summed E-state index contributed by atoms with van der Waals surface area (Å²) in [5.41, 5.74) is 1.20. The summed E-state index contributed by atoms with van der Waals surface area (Å²) in [5.74, 6) is -0.105. The molecule has 1 aromatic carbocycles. The molecule has 0 bridgehead atoms. The molecule has 0 aromatic heterocycles. The third-order valence-corrected chi connectivity index (χ3v) is 3.66. The van der Waals surface area contributed by atoms with Gasteiger partial charge >= 0.3 is 0 Å². The van der Waals surface area contributed by atoms with E-state index in [9.17, 15) is 9.59 Å². The van der Waals surface area contributed by atoms with Crippen molar-refractivity contribution in [3.8, 4) is 0 Å². The summed E-state index contributed by atoms with van der Waals surface area (Å²) < 4.78 is 0. The van der Waals surface area contributed by atoms with Gasteiger partial charge in [-0.25, -0.2) is 0 Å². The molecule has 1 fully saturated rings. The Bertz CT molecular complexity index is 473. The van der Waals surface area contributed by atoms with Crippen molar-refractivity contribution in [2.24, 2.45) is 0 Å². The van der Waals surface area contributed by atoms with Crippen LogP contribution in [-0.4, -0.2) is 24.4 Å². The predicted octanol–water partition coefficient (Wildman–Crippen LogP) is 2.06. The first-order valence-electron chi connectivity index (χ1n) is 6.96. The third-order valence-electron chi connectivity index (χ3n) is 3.40. The van der Waals surface area contributed by atoms with Crippen molar-refractivity contribution < 1.29 is 9.59 Å². The minimum atomic E-state index is -0.355. The Hall–Kier alpha value is -1.55. The van der Waals surface area contributed by atoms with Crippen LogP contribution in [0.25, 0.3) is 0 Å². The highest BCUT2D eigenvalue weighted by Gasteiger charge is 2.23. The second-order valence-corrected chi connectivity index (χ2v) is 5.47. The fourth-order valence-corrected chi connectivity index (χ4v) is 2.41. The molecule has 0 saturated carbocycles. The van der Waals surface area contributed by atoms with E-state index in [-0.39, 0.29) is 17.9 Å². The summed E-state index contributed by atoms with van der Waals surface area (Å²) in [4.78, 5) is 23.1. The molecule has 0 spiro atoms. The summed E-state index contributed by atoms with van der Waals surface area (Å²) >= 11 is 5.82. The molecule has 2 amide bonds. The van der Waals surface area contributed by atoms with Crippen LogP contribution in [0.15, 0.2) is 24.3 Å². The maximum Gasteiger partial charge on any atom is 0.242 e. The van der Waals surface area contributed by atoms with Crippen molar-refractivity contribution >= 4 is 23.4 Å². The molecule has 0 aliphatic carbocycles. The molecule has 20 heavy (non-hydrogen) atoms. The van der Waals surface area contributed by atoms with E-state index >= 15 is 0 Å². The van der Waals surface area contributed by atoms with Gasteiger partial charge in [0.05, 0.1) is 0 Å².